The standard InChI is InChI=1S/C25H35Cl2N5O3/c26-21-5-6-23(29-12-16-7-9-35-10-8-16)32-25(21)20-11-24(30-14-22(20)27)31-18-3-1-17(2-4-18)28-13-19(34)15-33/h5-6,11,14,16-19,28,33-34H,1-4,7-10,12-13,15H2,(H,29,32)(H,30,31)/t17-,18-,19-/m1/s1. The van der Waals surface area contributed by atoms with E-state index in [1.54, 1.807) is 6.20 Å². The van der Waals surface area contributed by atoms with Crippen molar-refractivity contribution in [2.75, 3.05) is 43.5 Å². The first-order valence-electron chi connectivity index (χ1n) is 12.4. The molecule has 0 amide bonds. The summed E-state index contributed by atoms with van der Waals surface area (Å²) in [5.74, 6) is 2.10. The lowest BCUT2D eigenvalue weighted by atomic mass is 9.91. The van der Waals surface area contributed by atoms with Crippen molar-refractivity contribution in [3.05, 3.63) is 34.4 Å². The number of ether oxygens (including phenoxy) is 1. The number of nitrogens with zero attached hydrogens (tertiary/aromatic N) is 2. The summed E-state index contributed by atoms with van der Waals surface area (Å²) in [7, 11) is 0. The third kappa shape index (κ3) is 7.65. The van der Waals surface area contributed by atoms with E-state index >= 15 is 0 Å². The summed E-state index contributed by atoms with van der Waals surface area (Å²) in [6.07, 6.45) is 6.99. The van der Waals surface area contributed by atoms with E-state index in [0.717, 1.165) is 75.5 Å². The van der Waals surface area contributed by atoms with Crippen molar-refractivity contribution >= 4 is 34.8 Å². The van der Waals surface area contributed by atoms with E-state index in [2.05, 4.69) is 20.9 Å². The van der Waals surface area contributed by atoms with Crippen molar-refractivity contribution in [2.45, 2.75) is 56.7 Å². The van der Waals surface area contributed by atoms with Crippen LogP contribution in [0.25, 0.3) is 11.3 Å². The summed E-state index contributed by atoms with van der Waals surface area (Å²) < 4.78 is 5.44. The first-order valence-corrected chi connectivity index (χ1v) is 13.2. The van der Waals surface area contributed by atoms with Gasteiger partial charge in [0.1, 0.15) is 11.6 Å². The molecule has 1 saturated carbocycles. The Morgan fingerprint density at radius 3 is 2.49 bits per heavy atom. The van der Waals surface area contributed by atoms with Gasteiger partial charge in [0.2, 0.25) is 0 Å². The molecule has 0 unspecified atom stereocenters. The Labute approximate surface area is 216 Å². The molecule has 10 heteroatoms. The predicted molar refractivity (Wildman–Crippen MR) is 140 cm³/mol. The molecule has 2 aliphatic rings. The number of rotatable bonds is 10. The van der Waals surface area contributed by atoms with Gasteiger partial charge in [0, 0.05) is 50.1 Å². The minimum absolute atomic E-state index is 0.220. The second kappa shape index (κ2) is 13.0. The molecule has 0 radical (unpaired) electrons. The number of halogens is 2. The lowest BCUT2D eigenvalue weighted by Gasteiger charge is -2.30. The van der Waals surface area contributed by atoms with Crippen LogP contribution in [0.2, 0.25) is 10.0 Å². The summed E-state index contributed by atoms with van der Waals surface area (Å²) >= 11 is 13.0. The van der Waals surface area contributed by atoms with Crippen LogP contribution in [-0.2, 0) is 4.74 Å². The van der Waals surface area contributed by atoms with Crippen LogP contribution in [0.4, 0.5) is 11.6 Å². The van der Waals surface area contributed by atoms with E-state index < -0.39 is 6.10 Å². The number of nitrogens with one attached hydrogen (secondary N) is 3. The van der Waals surface area contributed by atoms with Gasteiger partial charge < -0.3 is 30.9 Å². The zero-order valence-corrected chi connectivity index (χ0v) is 21.4. The Morgan fingerprint density at radius 1 is 1.00 bits per heavy atom. The zero-order chi connectivity index (χ0) is 24.6. The Hall–Kier alpha value is -1.68. The van der Waals surface area contributed by atoms with Gasteiger partial charge in [0.15, 0.2) is 0 Å². The van der Waals surface area contributed by atoms with Crippen LogP contribution in [0.3, 0.4) is 0 Å². The maximum absolute atomic E-state index is 9.54. The van der Waals surface area contributed by atoms with Crippen LogP contribution >= 0.6 is 23.2 Å². The molecular weight excluding hydrogens is 489 g/mol. The third-order valence-corrected chi connectivity index (χ3v) is 7.41. The summed E-state index contributed by atoms with van der Waals surface area (Å²) in [5, 5.41) is 29.9. The van der Waals surface area contributed by atoms with Gasteiger partial charge in [-0.15, -0.1) is 0 Å². The van der Waals surface area contributed by atoms with Gasteiger partial charge in [-0.1, -0.05) is 23.2 Å². The van der Waals surface area contributed by atoms with Crippen molar-refractivity contribution in [1.29, 1.82) is 0 Å². The number of anilines is 2. The molecule has 0 spiro atoms. The molecule has 2 fully saturated rings. The third-order valence-electron chi connectivity index (χ3n) is 6.80. The molecular formula is C25H35Cl2N5O3. The number of aliphatic hydroxyl groups excluding tert-OH is 2. The molecule has 2 aromatic rings. The van der Waals surface area contributed by atoms with E-state index in [-0.39, 0.29) is 6.61 Å². The molecule has 4 rings (SSSR count). The number of aromatic nitrogens is 2. The Balaban J connectivity index is 1.37. The van der Waals surface area contributed by atoms with Crippen molar-refractivity contribution in [3.63, 3.8) is 0 Å². The lowest BCUT2D eigenvalue weighted by molar-refractivity contribution is 0.0699. The summed E-state index contributed by atoms with van der Waals surface area (Å²) in [6, 6.07) is 6.31. The van der Waals surface area contributed by atoms with E-state index in [1.807, 2.05) is 18.2 Å². The van der Waals surface area contributed by atoms with Gasteiger partial charge in [-0.2, -0.15) is 0 Å². The monoisotopic (exact) mass is 523 g/mol. The van der Waals surface area contributed by atoms with Crippen molar-refractivity contribution in [1.82, 2.24) is 15.3 Å². The molecule has 3 heterocycles. The van der Waals surface area contributed by atoms with Crippen LogP contribution in [-0.4, -0.2) is 71.3 Å². The van der Waals surface area contributed by atoms with Gasteiger partial charge in [-0.05, 0) is 62.6 Å². The second-order valence-electron chi connectivity index (χ2n) is 9.45. The predicted octanol–water partition coefficient (Wildman–Crippen LogP) is 3.95. The van der Waals surface area contributed by atoms with Crippen molar-refractivity contribution < 1.29 is 14.9 Å². The molecule has 0 aromatic carbocycles. The average molecular weight is 524 g/mol. The van der Waals surface area contributed by atoms with Crippen LogP contribution in [0.5, 0.6) is 0 Å². The molecule has 1 saturated heterocycles. The average Bonchev–Trinajstić information content (AvgIpc) is 2.89. The SMILES string of the molecule is OC[C@H](O)CN[C@H]1CC[C@H](Nc2cc(-c3nc(NCC4CCOCC4)ccc3Cl)c(Cl)cn2)CC1. The summed E-state index contributed by atoms with van der Waals surface area (Å²) in [6.45, 7) is 2.68. The normalized spacial score (nSPS) is 22.1. The van der Waals surface area contributed by atoms with Crippen molar-refractivity contribution in [3.8, 4) is 11.3 Å². The molecule has 192 valence electrons. The Kier molecular flexibility index (Phi) is 9.83. The van der Waals surface area contributed by atoms with Crippen LogP contribution in [0.15, 0.2) is 24.4 Å². The largest absolute Gasteiger partial charge is 0.394 e. The lowest BCUT2D eigenvalue weighted by Crippen LogP contribution is -2.41. The number of pyridine rings is 2. The minimum Gasteiger partial charge on any atom is -0.394 e. The number of hydrogen-bond donors (Lipinski definition) is 5. The van der Waals surface area contributed by atoms with Crippen LogP contribution in [0, 0.1) is 5.92 Å². The summed E-state index contributed by atoms with van der Waals surface area (Å²) in [4.78, 5) is 9.25. The van der Waals surface area contributed by atoms with E-state index in [1.165, 1.54) is 0 Å². The van der Waals surface area contributed by atoms with Gasteiger partial charge in [-0.3, -0.25) is 0 Å². The van der Waals surface area contributed by atoms with Gasteiger partial charge >= 0.3 is 0 Å². The van der Waals surface area contributed by atoms with E-state index in [4.69, 9.17) is 38.0 Å². The highest BCUT2D eigenvalue weighted by molar-refractivity contribution is 6.36. The van der Waals surface area contributed by atoms with Gasteiger partial charge in [-0.25, -0.2) is 9.97 Å². The Bertz CT molecular complexity index is 953. The second-order valence-corrected chi connectivity index (χ2v) is 10.3. The van der Waals surface area contributed by atoms with Crippen LogP contribution < -0.4 is 16.0 Å². The highest BCUT2D eigenvalue weighted by Crippen LogP contribution is 2.34. The molecule has 1 aliphatic heterocycles. The maximum atomic E-state index is 9.54. The molecule has 1 atom stereocenters. The molecule has 8 nitrogen and oxygen atoms in total. The van der Waals surface area contributed by atoms with E-state index in [0.29, 0.717) is 40.3 Å². The van der Waals surface area contributed by atoms with Crippen molar-refractivity contribution in [2.24, 2.45) is 5.92 Å². The molecule has 0 bridgehead atoms. The highest BCUT2D eigenvalue weighted by atomic mass is 35.5. The fourth-order valence-electron chi connectivity index (χ4n) is 4.65. The fraction of sp³-hybridized carbons (Fsp3) is 0.600. The fourth-order valence-corrected chi connectivity index (χ4v) is 5.05. The number of aliphatic hydroxyl groups is 2. The number of hydrogen-bond acceptors (Lipinski definition) is 8. The molecule has 1 aliphatic carbocycles. The smallest absolute Gasteiger partial charge is 0.126 e. The van der Waals surface area contributed by atoms with Crippen LogP contribution in [0.1, 0.15) is 38.5 Å². The molecule has 35 heavy (non-hydrogen) atoms. The maximum Gasteiger partial charge on any atom is 0.126 e. The van der Waals surface area contributed by atoms with Gasteiger partial charge in [0.25, 0.3) is 0 Å². The molecule has 5 N–H and O–H groups in total. The first kappa shape index (κ1) is 26.4. The zero-order valence-electron chi connectivity index (χ0n) is 19.9. The quantitative estimate of drug-likeness (QED) is 0.318. The topological polar surface area (TPSA) is 112 Å². The Morgan fingerprint density at radius 2 is 1.74 bits per heavy atom. The first-order chi connectivity index (χ1) is 17.0. The minimum atomic E-state index is -0.710. The molecule has 2 aromatic heterocycles. The van der Waals surface area contributed by atoms with E-state index in [9.17, 15) is 5.11 Å². The highest BCUT2D eigenvalue weighted by Gasteiger charge is 2.22. The van der Waals surface area contributed by atoms with Gasteiger partial charge in [0.05, 0.1) is 28.5 Å². The summed E-state index contributed by atoms with van der Waals surface area (Å²) in [5.41, 5.74) is 1.38.